The van der Waals surface area contributed by atoms with Crippen molar-refractivity contribution in [2.45, 2.75) is 19.3 Å². The quantitative estimate of drug-likeness (QED) is 0.859. The Labute approximate surface area is 94.3 Å². The minimum Gasteiger partial charge on any atom is -0.481 e. The van der Waals surface area contributed by atoms with Gasteiger partial charge in [0.05, 0.1) is 6.42 Å². The van der Waals surface area contributed by atoms with Gasteiger partial charge in [0.15, 0.2) is 0 Å². The third kappa shape index (κ3) is 1.94. The molecule has 0 radical (unpaired) electrons. The topological polar surface area (TPSA) is 42.2 Å². The van der Waals surface area contributed by atoms with E-state index in [0.29, 0.717) is 0 Å². The summed E-state index contributed by atoms with van der Waals surface area (Å²) in [6.45, 7) is 1.94. The van der Waals surface area contributed by atoms with Gasteiger partial charge in [0.25, 0.3) is 0 Å². The molecule has 1 aromatic carbocycles. The zero-order valence-corrected chi connectivity index (χ0v) is 9.47. The lowest BCUT2D eigenvalue weighted by atomic mass is 9.97. The number of hydrogen-bond acceptors (Lipinski definition) is 1. The Bertz CT molecular complexity index is 528. The first-order chi connectivity index (χ1) is 7.58. The number of rotatable bonds is 3. The maximum Gasteiger partial charge on any atom is 0.303 e. The molecule has 84 valence electrons. The Morgan fingerprint density at radius 2 is 2.19 bits per heavy atom. The second-order valence-electron chi connectivity index (χ2n) is 4.24. The molecule has 0 fully saturated rings. The molecule has 3 heteroatoms. The van der Waals surface area contributed by atoms with Crippen LogP contribution in [-0.4, -0.2) is 15.6 Å². The summed E-state index contributed by atoms with van der Waals surface area (Å²) in [5, 5.41) is 9.96. The fourth-order valence-corrected chi connectivity index (χ4v) is 1.97. The third-order valence-electron chi connectivity index (χ3n) is 2.96. The number of hydrogen-bond donors (Lipinski definition) is 1. The van der Waals surface area contributed by atoms with E-state index in [0.717, 1.165) is 11.1 Å². The largest absolute Gasteiger partial charge is 0.481 e. The molecule has 16 heavy (non-hydrogen) atoms. The van der Waals surface area contributed by atoms with E-state index in [1.54, 1.807) is 0 Å². The molecular weight excluding hydrogens is 202 g/mol. The number of nitrogens with zero attached hydrogens (tertiary/aromatic N) is 1. The van der Waals surface area contributed by atoms with Gasteiger partial charge in [-0.05, 0) is 29.0 Å². The predicted octanol–water partition coefficient (Wildman–Crippen LogP) is 2.76. The van der Waals surface area contributed by atoms with Gasteiger partial charge in [-0.1, -0.05) is 19.1 Å². The highest BCUT2D eigenvalue weighted by Gasteiger charge is 2.11. The second kappa shape index (κ2) is 4.00. The molecule has 1 unspecified atom stereocenters. The molecule has 1 atom stereocenters. The minimum atomic E-state index is -0.750. The molecule has 0 aliphatic heterocycles. The molecule has 0 bridgehead atoms. The van der Waals surface area contributed by atoms with E-state index < -0.39 is 5.97 Å². The second-order valence-corrected chi connectivity index (χ2v) is 4.24. The van der Waals surface area contributed by atoms with Crippen LogP contribution >= 0.6 is 0 Å². The van der Waals surface area contributed by atoms with Crippen molar-refractivity contribution in [2.75, 3.05) is 0 Å². The Morgan fingerprint density at radius 3 is 2.88 bits per heavy atom. The standard InChI is InChI=1S/C13H15NO2/c1-9(7-13(15)16)11-4-3-10-5-6-14(2)12(10)8-11/h3-6,8-9H,7H2,1-2H3,(H,15,16). The van der Waals surface area contributed by atoms with Gasteiger partial charge >= 0.3 is 5.97 Å². The van der Waals surface area contributed by atoms with Gasteiger partial charge in [0.2, 0.25) is 0 Å². The lowest BCUT2D eigenvalue weighted by Gasteiger charge is -2.09. The third-order valence-corrected chi connectivity index (χ3v) is 2.96. The van der Waals surface area contributed by atoms with Gasteiger partial charge in [0, 0.05) is 18.8 Å². The van der Waals surface area contributed by atoms with Crippen molar-refractivity contribution in [1.82, 2.24) is 4.57 Å². The molecule has 0 aliphatic carbocycles. The van der Waals surface area contributed by atoms with E-state index in [4.69, 9.17) is 5.11 Å². The van der Waals surface area contributed by atoms with Gasteiger partial charge in [-0.25, -0.2) is 0 Å². The SMILES string of the molecule is CC(CC(=O)O)c1ccc2ccn(C)c2c1. The zero-order chi connectivity index (χ0) is 11.7. The first-order valence-electron chi connectivity index (χ1n) is 5.34. The Balaban J connectivity index is 2.38. The average Bonchev–Trinajstić information content (AvgIpc) is 2.59. The van der Waals surface area contributed by atoms with Crippen molar-refractivity contribution in [2.24, 2.45) is 7.05 Å². The van der Waals surface area contributed by atoms with Gasteiger partial charge in [0.1, 0.15) is 0 Å². The van der Waals surface area contributed by atoms with Gasteiger partial charge in [-0.15, -0.1) is 0 Å². The normalized spacial score (nSPS) is 12.9. The van der Waals surface area contributed by atoms with E-state index in [1.165, 1.54) is 5.39 Å². The van der Waals surface area contributed by atoms with Crippen LogP contribution in [0.25, 0.3) is 10.9 Å². The first-order valence-corrected chi connectivity index (χ1v) is 5.34. The van der Waals surface area contributed by atoms with E-state index in [1.807, 2.05) is 36.9 Å². The van der Waals surface area contributed by atoms with Gasteiger partial charge in [-0.3, -0.25) is 4.79 Å². The van der Waals surface area contributed by atoms with E-state index >= 15 is 0 Å². The summed E-state index contributed by atoms with van der Waals surface area (Å²) in [4.78, 5) is 10.7. The number of aliphatic carboxylic acids is 1. The van der Waals surface area contributed by atoms with Crippen LogP contribution in [-0.2, 0) is 11.8 Å². The van der Waals surface area contributed by atoms with Crippen LogP contribution in [0.2, 0.25) is 0 Å². The molecule has 0 spiro atoms. The van der Waals surface area contributed by atoms with Crippen LogP contribution in [0.4, 0.5) is 0 Å². The Hall–Kier alpha value is -1.77. The van der Waals surface area contributed by atoms with Crippen molar-refractivity contribution < 1.29 is 9.90 Å². The Morgan fingerprint density at radius 1 is 1.44 bits per heavy atom. The van der Waals surface area contributed by atoms with Crippen molar-refractivity contribution in [3.05, 3.63) is 36.0 Å². The number of aryl methyl sites for hydroxylation is 1. The number of carbonyl (C=O) groups is 1. The van der Waals surface area contributed by atoms with E-state index in [2.05, 4.69) is 12.1 Å². The summed E-state index contributed by atoms with van der Waals surface area (Å²) in [5.41, 5.74) is 2.23. The number of carboxylic acids is 1. The van der Waals surface area contributed by atoms with Crippen LogP contribution < -0.4 is 0 Å². The Kier molecular flexibility index (Phi) is 2.69. The first kappa shape index (κ1) is 10.7. The number of aromatic nitrogens is 1. The van der Waals surface area contributed by atoms with Gasteiger partial charge < -0.3 is 9.67 Å². The molecule has 1 N–H and O–H groups in total. The lowest BCUT2D eigenvalue weighted by molar-refractivity contribution is -0.137. The maximum atomic E-state index is 10.7. The summed E-state index contributed by atoms with van der Waals surface area (Å²) in [6, 6.07) is 8.18. The van der Waals surface area contributed by atoms with E-state index in [-0.39, 0.29) is 12.3 Å². The molecular formula is C13H15NO2. The summed E-state index contributed by atoms with van der Waals surface area (Å²) in [6.07, 6.45) is 2.19. The maximum absolute atomic E-state index is 10.7. The molecule has 3 nitrogen and oxygen atoms in total. The fraction of sp³-hybridized carbons (Fsp3) is 0.308. The van der Waals surface area contributed by atoms with Crippen molar-refractivity contribution in [3.8, 4) is 0 Å². The summed E-state index contributed by atoms with van der Waals surface area (Å²) in [7, 11) is 1.99. The van der Waals surface area contributed by atoms with Crippen molar-refractivity contribution >= 4 is 16.9 Å². The lowest BCUT2D eigenvalue weighted by Crippen LogP contribution is -2.02. The number of benzene rings is 1. The smallest absolute Gasteiger partial charge is 0.303 e. The van der Waals surface area contributed by atoms with Crippen LogP contribution in [0.3, 0.4) is 0 Å². The summed E-state index contributed by atoms with van der Waals surface area (Å²) >= 11 is 0. The highest BCUT2D eigenvalue weighted by Crippen LogP contribution is 2.24. The summed E-state index contributed by atoms with van der Waals surface area (Å²) < 4.78 is 2.05. The zero-order valence-electron chi connectivity index (χ0n) is 9.47. The van der Waals surface area contributed by atoms with Crippen LogP contribution in [0.15, 0.2) is 30.5 Å². The number of carboxylic acid groups (broad SMARTS) is 1. The molecule has 0 saturated carbocycles. The van der Waals surface area contributed by atoms with Crippen molar-refractivity contribution in [1.29, 1.82) is 0 Å². The predicted molar refractivity (Wildman–Crippen MR) is 63.6 cm³/mol. The number of fused-ring (bicyclic) bond motifs is 1. The van der Waals surface area contributed by atoms with Crippen LogP contribution in [0, 0.1) is 0 Å². The molecule has 2 rings (SSSR count). The molecule has 0 amide bonds. The van der Waals surface area contributed by atoms with Gasteiger partial charge in [-0.2, -0.15) is 0 Å². The average molecular weight is 217 g/mol. The van der Waals surface area contributed by atoms with Crippen LogP contribution in [0.1, 0.15) is 24.8 Å². The molecule has 0 aliphatic rings. The minimum absolute atomic E-state index is 0.0526. The highest BCUT2D eigenvalue weighted by molar-refractivity contribution is 5.81. The highest BCUT2D eigenvalue weighted by atomic mass is 16.4. The molecule has 2 aromatic rings. The van der Waals surface area contributed by atoms with Crippen LogP contribution in [0.5, 0.6) is 0 Å². The van der Waals surface area contributed by atoms with E-state index in [9.17, 15) is 4.79 Å². The fourth-order valence-electron chi connectivity index (χ4n) is 1.97. The van der Waals surface area contributed by atoms with Crippen molar-refractivity contribution in [3.63, 3.8) is 0 Å². The molecule has 1 aromatic heterocycles. The monoisotopic (exact) mass is 217 g/mol. The molecule has 0 saturated heterocycles. The summed E-state index contributed by atoms with van der Waals surface area (Å²) in [5.74, 6) is -0.698. The molecule has 1 heterocycles.